The zero-order valence-electron chi connectivity index (χ0n) is 10.4. The third-order valence-electron chi connectivity index (χ3n) is 3.13. The predicted molar refractivity (Wildman–Crippen MR) is 72.2 cm³/mol. The van der Waals surface area contributed by atoms with E-state index in [1.54, 1.807) is 6.20 Å². The Hall–Kier alpha value is -1.62. The average Bonchev–Trinajstić information content (AvgIpc) is 2.39. The van der Waals surface area contributed by atoms with Crippen LogP contribution >= 0.6 is 0 Å². The summed E-state index contributed by atoms with van der Waals surface area (Å²) in [5.74, 6) is 0.611. The van der Waals surface area contributed by atoms with Gasteiger partial charge in [0, 0.05) is 12.8 Å². The Bertz CT molecular complexity index is 556. The summed E-state index contributed by atoms with van der Waals surface area (Å²) < 4.78 is 11.2. The van der Waals surface area contributed by atoms with Crippen LogP contribution in [0.4, 0.5) is 0 Å². The van der Waals surface area contributed by atoms with Crippen LogP contribution in [0.3, 0.4) is 0 Å². The van der Waals surface area contributed by atoms with Crippen molar-refractivity contribution in [2.24, 2.45) is 0 Å². The van der Waals surface area contributed by atoms with Crippen LogP contribution in [0.1, 0.15) is 12.8 Å². The van der Waals surface area contributed by atoms with E-state index in [2.05, 4.69) is 9.97 Å². The highest BCUT2D eigenvalue weighted by Gasteiger charge is 2.16. The number of rotatable bonds is 2. The SMILES string of the molecule is Bc1ccc2ncc(OC3CCOCC3)nc2c1. The third-order valence-corrected chi connectivity index (χ3v) is 3.13. The molecule has 18 heavy (non-hydrogen) atoms. The van der Waals surface area contributed by atoms with E-state index in [1.165, 1.54) is 5.46 Å². The normalized spacial score (nSPS) is 16.9. The van der Waals surface area contributed by atoms with Crippen LogP contribution in [0, 0.1) is 0 Å². The number of hydrogen-bond donors (Lipinski definition) is 0. The summed E-state index contributed by atoms with van der Waals surface area (Å²) in [6, 6.07) is 6.05. The zero-order chi connectivity index (χ0) is 12.4. The van der Waals surface area contributed by atoms with Gasteiger partial charge in [0.2, 0.25) is 5.88 Å². The van der Waals surface area contributed by atoms with Crippen molar-refractivity contribution in [3.63, 3.8) is 0 Å². The van der Waals surface area contributed by atoms with Crippen LogP contribution in [0.25, 0.3) is 11.0 Å². The molecule has 0 radical (unpaired) electrons. The minimum absolute atomic E-state index is 0.204. The Kier molecular flexibility index (Phi) is 3.15. The molecular formula is C13H15BN2O2. The topological polar surface area (TPSA) is 44.2 Å². The van der Waals surface area contributed by atoms with E-state index in [9.17, 15) is 0 Å². The molecule has 0 N–H and O–H groups in total. The van der Waals surface area contributed by atoms with Crippen molar-refractivity contribution < 1.29 is 9.47 Å². The number of fused-ring (bicyclic) bond motifs is 1. The van der Waals surface area contributed by atoms with Crippen LogP contribution in [-0.2, 0) is 4.74 Å². The van der Waals surface area contributed by atoms with Crippen molar-refractivity contribution in [1.29, 1.82) is 0 Å². The van der Waals surface area contributed by atoms with Gasteiger partial charge >= 0.3 is 0 Å². The van der Waals surface area contributed by atoms with E-state index in [-0.39, 0.29) is 6.10 Å². The van der Waals surface area contributed by atoms with E-state index >= 15 is 0 Å². The number of aromatic nitrogens is 2. The van der Waals surface area contributed by atoms with E-state index in [4.69, 9.17) is 9.47 Å². The van der Waals surface area contributed by atoms with E-state index in [1.807, 2.05) is 26.0 Å². The number of nitrogens with zero attached hydrogens (tertiary/aromatic N) is 2. The highest BCUT2D eigenvalue weighted by Crippen LogP contribution is 2.17. The fourth-order valence-corrected chi connectivity index (χ4v) is 2.13. The summed E-state index contributed by atoms with van der Waals surface area (Å²) in [6.45, 7) is 1.54. The summed E-state index contributed by atoms with van der Waals surface area (Å²) in [6.07, 6.45) is 3.75. The number of benzene rings is 1. The van der Waals surface area contributed by atoms with Gasteiger partial charge in [-0.05, 0) is 12.1 Å². The second kappa shape index (κ2) is 4.94. The smallest absolute Gasteiger partial charge is 0.233 e. The maximum absolute atomic E-state index is 5.85. The Labute approximate surface area is 107 Å². The standard InChI is InChI=1S/C13H15BN2O2/c14-9-1-2-11-12(7-9)16-13(8-15-11)18-10-3-5-17-6-4-10/h1-2,7-8,10H,3-6,14H2. The van der Waals surface area contributed by atoms with Gasteiger partial charge in [0.1, 0.15) is 14.0 Å². The number of ether oxygens (including phenoxy) is 2. The van der Waals surface area contributed by atoms with Crippen molar-refractivity contribution in [3.8, 4) is 5.88 Å². The van der Waals surface area contributed by atoms with Gasteiger partial charge in [-0.2, -0.15) is 0 Å². The summed E-state index contributed by atoms with van der Waals surface area (Å²) in [7, 11) is 2.05. The quantitative estimate of drug-likeness (QED) is 0.717. The molecule has 2 heterocycles. The van der Waals surface area contributed by atoms with Crippen molar-refractivity contribution in [3.05, 3.63) is 24.4 Å². The summed E-state index contributed by atoms with van der Waals surface area (Å²) >= 11 is 0. The van der Waals surface area contributed by atoms with Gasteiger partial charge in [-0.25, -0.2) is 9.97 Å². The third kappa shape index (κ3) is 2.46. The van der Waals surface area contributed by atoms with Gasteiger partial charge in [-0.15, -0.1) is 0 Å². The molecule has 0 bridgehead atoms. The molecule has 5 heteroatoms. The molecule has 3 rings (SSSR count). The zero-order valence-corrected chi connectivity index (χ0v) is 10.4. The maximum Gasteiger partial charge on any atom is 0.233 e. The molecule has 4 nitrogen and oxygen atoms in total. The lowest BCUT2D eigenvalue weighted by molar-refractivity contribution is 0.0237. The lowest BCUT2D eigenvalue weighted by Crippen LogP contribution is -2.26. The molecule has 0 unspecified atom stereocenters. The van der Waals surface area contributed by atoms with Gasteiger partial charge in [-0.1, -0.05) is 11.5 Å². The summed E-state index contributed by atoms with van der Waals surface area (Å²) in [5, 5.41) is 0. The molecule has 1 aliphatic heterocycles. The van der Waals surface area contributed by atoms with Gasteiger partial charge < -0.3 is 9.47 Å². The van der Waals surface area contributed by atoms with E-state index < -0.39 is 0 Å². The molecule has 1 aromatic carbocycles. The van der Waals surface area contributed by atoms with Crippen LogP contribution < -0.4 is 10.2 Å². The molecule has 0 atom stereocenters. The molecule has 0 aliphatic carbocycles. The summed E-state index contributed by atoms with van der Waals surface area (Å²) in [5.41, 5.74) is 2.97. The van der Waals surface area contributed by atoms with Crippen LogP contribution in [0.5, 0.6) is 5.88 Å². The second-order valence-corrected chi connectivity index (χ2v) is 4.63. The lowest BCUT2D eigenvalue weighted by atomic mass is 9.96. The molecular weight excluding hydrogens is 227 g/mol. The molecule has 92 valence electrons. The lowest BCUT2D eigenvalue weighted by Gasteiger charge is -2.22. The van der Waals surface area contributed by atoms with Crippen molar-refractivity contribution in [2.75, 3.05) is 13.2 Å². The molecule has 1 saturated heterocycles. The minimum atomic E-state index is 0.204. The summed E-state index contributed by atoms with van der Waals surface area (Å²) in [4.78, 5) is 8.87. The Morgan fingerprint density at radius 3 is 2.89 bits per heavy atom. The van der Waals surface area contributed by atoms with Crippen molar-refractivity contribution in [2.45, 2.75) is 18.9 Å². The first-order chi connectivity index (χ1) is 8.81. The Balaban J connectivity index is 1.83. The molecule has 1 aromatic heterocycles. The predicted octanol–water partition coefficient (Wildman–Crippen LogP) is 0.446. The fraction of sp³-hybridized carbons (Fsp3) is 0.385. The maximum atomic E-state index is 5.85. The highest BCUT2D eigenvalue weighted by atomic mass is 16.5. The molecule has 0 saturated carbocycles. The first-order valence-electron chi connectivity index (χ1n) is 6.29. The van der Waals surface area contributed by atoms with Gasteiger partial charge in [-0.3, -0.25) is 0 Å². The molecule has 2 aromatic rings. The Morgan fingerprint density at radius 2 is 2.06 bits per heavy atom. The monoisotopic (exact) mass is 242 g/mol. The molecule has 1 fully saturated rings. The second-order valence-electron chi connectivity index (χ2n) is 4.63. The van der Waals surface area contributed by atoms with Crippen LogP contribution in [0.15, 0.2) is 24.4 Å². The van der Waals surface area contributed by atoms with Crippen LogP contribution in [0.2, 0.25) is 0 Å². The first kappa shape index (κ1) is 11.5. The molecule has 0 amide bonds. The largest absolute Gasteiger partial charge is 0.473 e. The van der Waals surface area contributed by atoms with Gasteiger partial charge in [0.15, 0.2) is 0 Å². The number of hydrogen-bond acceptors (Lipinski definition) is 4. The van der Waals surface area contributed by atoms with Crippen LogP contribution in [-0.4, -0.2) is 37.1 Å². The molecule has 0 spiro atoms. The molecule has 1 aliphatic rings. The van der Waals surface area contributed by atoms with Gasteiger partial charge in [0.25, 0.3) is 0 Å². The Morgan fingerprint density at radius 1 is 1.22 bits per heavy atom. The highest BCUT2D eigenvalue weighted by molar-refractivity contribution is 6.33. The van der Waals surface area contributed by atoms with Gasteiger partial charge in [0.05, 0.1) is 30.4 Å². The van der Waals surface area contributed by atoms with Crippen molar-refractivity contribution >= 4 is 24.3 Å². The van der Waals surface area contributed by atoms with Crippen molar-refractivity contribution in [1.82, 2.24) is 9.97 Å². The van der Waals surface area contributed by atoms with E-state index in [0.717, 1.165) is 37.1 Å². The first-order valence-corrected chi connectivity index (χ1v) is 6.29. The van der Waals surface area contributed by atoms with E-state index in [0.29, 0.717) is 5.88 Å². The average molecular weight is 242 g/mol. The minimum Gasteiger partial charge on any atom is -0.473 e. The fourth-order valence-electron chi connectivity index (χ4n) is 2.13.